The maximum atomic E-state index is 12.0. The molecule has 9 heteroatoms. The average molecular weight is 673 g/mol. The Labute approximate surface area is 281 Å². The van der Waals surface area contributed by atoms with Gasteiger partial charge in [-0.15, -0.1) is 0 Å². The number of benzene rings is 1. The largest absolute Gasteiger partial charge is 0.479 e. The van der Waals surface area contributed by atoms with Crippen molar-refractivity contribution < 1.29 is 36.9 Å². The molecule has 7 rings (SSSR count). The molecule has 11 atom stereocenters. The van der Waals surface area contributed by atoms with Gasteiger partial charge in [-0.1, -0.05) is 61.0 Å². The van der Waals surface area contributed by atoms with Gasteiger partial charge in [0, 0.05) is 5.56 Å². The number of aliphatic carboxylic acids is 1. The third-order valence-electron chi connectivity index (χ3n) is 16.1. The summed E-state index contributed by atoms with van der Waals surface area (Å²) in [5.41, 5.74) is 1.39. The Balaban J connectivity index is 1.24. The van der Waals surface area contributed by atoms with Crippen LogP contribution in [0.4, 0.5) is 0 Å². The molecule has 0 bridgehead atoms. The molecule has 0 aromatic heterocycles. The van der Waals surface area contributed by atoms with Gasteiger partial charge in [-0.3, -0.25) is 4.55 Å². The van der Waals surface area contributed by atoms with Crippen LogP contribution in [0.5, 0.6) is 5.75 Å². The van der Waals surface area contributed by atoms with Gasteiger partial charge in [0.2, 0.25) is 0 Å². The summed E-state index contributed by atoms with van der Waals surface area (Å²) in [5.74, 6) is 0.343. The Morgan fingerprint density at radius 2 is 1.51 bits per heavy atom. The number of fused-ring (bicyclic) bond motifs is 9. The summed E-state index contributed by atoms with van der Waals surface area (Å²) in [6.45, 7) is 17.0. The normalized spacial score (nSPS) is 45.9. The Hall–Kier alpha value is -1.68. The smallest absolute Gasteiger partial charge is 0.446 e. The number of rotatable bonds is 4. The molecule has 47 heavy (non-hydrogen) atoms. The maximum absolute atomic E-state index is 12.0. The molecule has 1 spiro atoms. The first-order valence-corrected chi connectivity index (χ1v) is 19.5. The van der Waals surface area contributed by atoms with E-state index in [-0.39, 0.29) is 45.0 Å². The lowest BCUT2D eigenvalue weighted by molar-refractivity contribution is -0.304. The van der Waals surface area contributed by atoms with E-state index in [2.05, 4.69) is 48.5 Å². The SMILES string of the molecule is C[C@@H]1CCCC(C)(C)[C@@]12CC[C@@]1(C)[C@@H]3CC[C@]4(C)[C@H](CC[C@]5(C)c6c([C@@H](O)C(=O)O)ccc(OS(=O)(=O)O)c6C[C@@H]45)[C@@]3(C)CC[C@@H]1O2. The van der Waals surface area contributed by atoms with Gasteiger partial charge in [0.1, 0.15) is 5.75 Å². The lowest BCUT2D eigenvalue weighted by atomic mass is 9.36. The fraction of sp³-hybridized carbons (Fsp3) is 0.816. The van der Waals surface area contributed by atoms with Crippen LogP contribution in [0.1, 0.15) is 142 Å². The van der Waals surface area contributed by atoms with Crippen molar-refractivity contribution in [1.82, 2.24) is 0 Å². The minimum Gasteiger partial charge on any atom is -0.479 e. The second kappa shape index (κ2) is 10.4. The van der Waals surface area contributed by atoms with E-state index in [1.807, 2.05) is 0 Å². The van der Waals surface area contributed by atoms with Crippen molar-refractivity contribution in [3.05, 3.63) is 28.8 Å². The number of aliphatic hydroxyl groups excluding tert-OH is 1. The van der Waals surface area contributed by atoms with E-state index in [0.29, 0.717) is 40.9 Å². The highest BCUT2D eigenvalue weighted by Gasteiger charge is 2.70. The zero-order valence-electron chi connectivity index (χ0n) is 29.4. The molecule has 1 aromatic rings. The first kappa shape index (κ1) is 33.8. The molecule has 1 aromatic carbocycles. The molecule has 4 saturated carbocycles. The first-order valence-electron chi connectivity index (χ1n) is 18.2. The lowest BCUT2D eigenvalue weighted by Crippen LogP contribution is -2.68. The topological polar surface area (TPSA) is 130 Å². The lowest BCUT2D eigenvalue weighted by Gasteiger charge is -2.71. The minimum absolute atomic E-state index is 0.0284. The molecule has 5 aliphatic carbocycles. The molecule has 8 nitrogen and oxygen atoms in total. The number of carboxylic acids is 1. The summed E-state index contributed by atoms with van der Waals surface area (Å²) in [5, 5.41) is 20.7. The Bertz CT molecular complexity index is 1590. The Morgan fingerprint density at radius 1 is 0.872 bits per heavy atom. The molecule has 0 radical (unpaired) electrons. The van der Waals surface area contributed by atoms with Gasteiger partial charge in [-0.25, -0.2) is 4.79 Å². The van der Waals surface area contributed by atoms with Crippen molar-refractivity contribution in [3.8, 4) is 5.75 Å². The van der Waals surface area contributed by atoms with Gasteiger partial charge in [0.05, 0.1) is 11.7 Å². The number of carbonyl (C=O) groups is 1. The van der Waals surface area contributed by atoms with E-state index < -0.39 is 27.9 Å². The van der Waals surface area contributed by atoms with Gasteiger partial charge in [0.15, 0.2) is 6.10 Å². The monoisotopic (exact) mass is 672 g/mol. The molecule has 6 aliphatic rings. The fourth-order valence-electron chi connectivity index (χ4n) is 14.0. The summed E-state index contributed by atoms with van der Waals surface area (Å²) in [6.07, 6.45) is 11.3. The predicted molar refractivity (Wildman–Crippen MR) is 178 cm³/mol. The van der Waals surface area contributed by atoms with Crippen molar-refractivity contribution in [2.24, 2.45) is 45.3 Å². The van der Waals surface area contributed by atoms with Crippen LogP contribution in [-0.2, 0) is 31.8 Å². The number of aliphatic hydroxyl groups is 1. The molecule has 3 N–H and O–H groups in total. The summed E-state index contributed by atoms with van der Waals surface area (Å²) < 4.78 is 46.0. The van der Waals surface area contributed by atoms with Crippen molar-refractivity contribution in [1.29, 1.82) is 0 Å². The number of carboxylic acid groups (broad SMARTS) is 1. The highest BCUT2D eigenvalue weighted by Crippen LogP contribution is 2.75. The third-order valence-corrected chi connectivity index (χ3v) is 16.5. The minimum atomic E-state index is -4.80. The van der Waals surface area contributed by atoms with Gasteiger partial charge < -0.3 is 19.1 Å². The summed E-state index contributed by atoms with van der Waals surface area (Å²) in [6, 6.07) is 2.85. The summed E-state index contributed by atoms with van der Waals surface area (Å²) in [4.78, 5) is 12.0. The molecule has 0 amide bonds. The fourth-order valence-corrected chi connectivity index (χ4v) is 14.3. The zero-order chi connectivity index (χ0) is 34.2. The molecule has 1 saturated heterocycles. The van der Waals surface area contributed by atoms with Crippen molar-refractivity contribution in [3.63, 3.8) is 0 Å². The van der Waals surface area contributed by atoms with Crippen LogP contribution in [0, 0.1) is 45.3 Å². The van der Waals surface area contributed by atoms with Crippen LogP contribution >= 0.6 is 0 Å². The third kappa shape index (κ3) is 4.53. The van der Waals surface area contributed by atoms with Crippen LogP contribution in [0.2, 0.25) is 0 Å². The number of hydrogen-bond acceptors (Lipinski definition) is 6. The van der Waals surface area contributed by atoms with Crippen molar-refractivity contribution in [2.75, 3.05) is 0 Å². The van der Waals surface area contributed by atoms with Crippen LogP contribution in [0.3, 0.4) is 0 Å². The predicted octanol–water partition coefficient (Wildman–Crippen LogP) is 7.81. The molecule has 1 aliphatic heterocycles. The van der Waals surface area contributed by atoms with E-state index in [9.17, 15) is 28.0 Å². The standard InChI is InChI=1S/C38H56O8S/c1-22-9-8-15-33(2,3)38(22)20-19-36(6)27-12-16-35(5)26(34(27,4)18-14-29(36)45-38)13-17-37(7)28(35)21-24-25(46-47(42,43)44)11-10-23(30(24)37)31(39)32(40)41/h10-11,22,26-29,31,39H,8-9,12-21H2,1-7H3,(H,40,41)(H,42,43,44)/t22-,26-,27-,28+,29+,31-,34-,35-,36+,37+,38-/m1/s1. The van der Waals surface area contributed by atoms with Gasteiger partial charge in [-0.2, -0.15) is 8.42 Å². The molecular formula is C38H56O8S. The highest BCUT2D eigenvalue weighted by atomic mass is 32.3. The molecule has 262 valence electrons. The first-order chi connectivity index (χ1) is 21.7. The highest BCUT2D eigenvalue weighted by molar-refractivity contribution is 7.81. The van der Waals surface area contributed by atoms with Crippen LogP contribution < -0.4 is 4.18 Å². The molecule has 0 unspecified atom stereocenters. The Kier molecular flexibility index (Phi) is 7.50. The van der Waals surface area contributed by atoms with E-state index in [4.69, 9.17) is 8.92 Å². The van der Waals surface area contributed by atoms with Crippen molar-refractivity contribution >= 4 is 16.4 Å². The van der Waals surface area contributed by atoms with Gasteiger partial charge >= 0.3 is 16.4 Å². The van der Waals surface area contributed by atoms with Crippen LogP contribution in [-0.4, -0.2) is 40.9 Å². The van der Waals surface area contributed by atoms with E-state index in [1.54, 1.807) is 0 Å². The molecular weight excluding hydrogens is 616 g/mol. The number of ether oxygens (including phenoxy) is 1. The van der Waals surface area contributed by atoms with E-state index in [1.165, 1.54) is 37.8 Å². The summed E-state index contributed by atoms with van der Waals surface area (Å²) >= 11 is 0. The maximum Gasteiger partial charge on any atom is 0.446 e. The second-order valence-electron chi connectivity index (χ2n) is 18.3. The molecule has 5 fully saturated rings. The van der Waals surface area contributed by atoms with Gasteiger partial charge in [-0.05, 0) is 139 Å². The van der Waals surface area contributed by atoms with Gasteiger partial charge in [0.25, 0.3) is 0 Å². The number of hydrogen-bond donors (Lipinski definition) is 3. The van der Waals surface area contributed by atoms with Crippen molar-refractivity contribution in [2.45, 2.75) is 149 Å². The van der Waals surface area contributed by atoms with E-state index in [0.717, 1.165) is 44.9 Å². The molecule has 1 heterocycles. The van der Waals surface area contributed by atoms with E-state index >= 15 is 0 Å². The van der Waals surface area contributed by atoms with Crippen LogP contribution in [0.15, 0.2) is 12.1 Å². The zero-order valence-corrected chi connectivity index (χ0v) is 30.2. The average Bonchev–Trinajstić information content (AvgIpc) is 3.30. The summed E-state index contributed by atoms with van der Waals surface area (Å²) in [7, 11) is -4.80. The Morgan fingerprint density at radius 3 is 2.17 bits per heavy atom. The van der Waals surface area contributed by atoms with Crippen LogP contribution in [0.25, 0.3) is 0 Å². The quantitative estimate of drug-likeness (QED) is 0.276. The second-order valence-corrected chi connectivity index (χ2v) is 19.4.